The van der Waals surface area contributed by atoms with Crippen molar-refractivity contribution >= 4 is 27.5 Å². The van der Waals surface area contributed by atoms with Crippen LogP contribution in [0.3, 0.4) is 0 Å². The number of benzene rings is 2. The molecule has 0 aliphatic rings. The van der Waals surface area contributed by atoms with E-state index in [1.165, 1.54) is 49.6 Å². The third-order valence-corrected chi connectivity index (χ3v) is 4.84. The van der Waals surface area contributed by atoms with Crippen molar-refractivity contribution in [3.63, 3.8) is 0 Å². The quantitative estimate of drug-likeness (QED) is 0.440. The molecule has 2 aromatic carbocycles. The second kappa shape index (κ2) is 8.92. The number of carbonyl (C=O) groups is 2. The van der Waals surface area contributed by atoms with Crippen LogP contribution in [0.1, 0.15) is 10.4 Å². The van der Waals surface area contributed by atoms with E-state index >= 15 is 0 Å². The highest BCUT2D eigenvalue weighted by Crippen LogP contribution is 2.15. The summed E-state index contributed by atoms with van der Waals surface area (Å²) in [5.41, 5.74) is 3.73. The number of hydrogen-bond donors (Lipinski definition) is 3. The molecule has 12 heteroatoms. The number of nitro groups is 1. The molecule has 2 amide bonds. The zero-order valence-corrected chi connectivity index (χ0v) is 15.4. The number of sulfonamides is 1. The predicted molar refractivity (Wildman–Crippen MR) is 96.9 cm³/mol. The molecule has 0 fully saturated rings. The molecular weight excluding hydrogens is 392 g/mol. The van der Waals surface area contributed by atoms with Gasteiger partial charge in [0.15, 0.2) is 0 Å². The van der Waals surface area contributed by atoms with Crippen LogP contribution < -0.4 is 20.3 Å². The van der Waals surface area contributed by atoms with Crippen molar-refractivity contribution in [1.29, 1.82) is 0 Å². The van der Waals surface area contributed by atoms with Crippen molar-refractivity contribution in [1.82, 2.24) is 15.6 Å². The van der Waals surface area contributed by atoms with E-state index in [2.05, 4.69) is 4.72 Å². The van der Waals surface area contributed by atoms with Crippen molar-refractivity contribution in [3.8, 4) is 5.75 Å². The number of hydrazine groups is 1. The molecule has 0 bridgehead atoms. The first-order chi connectivity index (χ1) is 13.2. The minimum absolute atomic E-state index is 0.0479. The average Bonchev–Trinajstić information content (AvgIpc) is 2.70. The van der Waals surface area contributed by atoms with E-state index in [0.29, 0.717) is 5.75 Å². The molecule has 0 aliphatic heterocycles. The van der Waals surface area contributed by atoms with Crippen LogP contribution in [0.2, 0.25) is 0 Å². The Bertz CT molecular complexity index is 990. The largest absolute Gasteiger partial charge is 0.497 e. The topological polar surface area (TPSA) is 157 Å². The summed E-state index contributed by atoms with van der Waals surface area (Å²) in [6.45, 7) is -0.635. The first-order valence-electron chi connectivity index (χ1n) is 7.70. The van der Waals surface area contributed by atoms with Gasteiger partial charge in [0.05, 0.1) is 23.5 Å². The Balaban J connectivity index is 1.89. The maximum absolute atomic E-state index is 12.1. The number of nitrogens with zero attached hydrogens (tertiary/aromatic N) is 1. The Morgan fingerprint density at radius 1 is 1.11 bits per heavy atom. The molecule has 28 heavy (non-hydrogen) atoms. The van der Waals surface area contributed by atoms with Gasteiger partial charge in [0.2, 0.25) is 10.0 Å². The first-order valence-corrected chi connectivity index (χ1v) is 9.18. The summed E-state index contributed by atoms with van der Waals surface area (Å²) in [4.78, 5) is 33.6. The summed E-state index contributed by atoms with van der Waals surface area (Å²) in [5, 5.41) is 10.7. The number of amides is 2. The second-order valence-corrected chi connectivity index (χ2v) is 7.08. The van der Waals surface area contributed by atoms with Gasteiger partial charge in [0.25, 0.3) is 17.5 Å². The molecule has 0 aliphatic carbocycles. The molecule has 0 saturated carbocycles. The van der Waals surface area contributed by atoms with Gasteiger partial charge in [-0.05, 0) is 30.3 Å². The van der Waals surface area contributed by atoms with E-state index in [1.54, 1.807) is 0 Å². The van der Waals surface area contributed by atoms with Gasteiger partial charge < -0.3 is 4.74 Å². The predicted octanol–water partition coefficient (Wildman–Crippen LogP) is 0.343. The second-order valence-electron chi connectivity index (χ2n) is 5.31. The molecule has 0 spiro atoms. The molecule has 2 rings (SSSR count). The zero-order valence-electron chi connectivity index (χ0n) is 14.5. The molecule has 148 valence electrons. The normalized spacial score (nSPS) is 10.8. The smallest absolute Gasteiger partial charge is 0.270 e. The van der Waals surface area contributed by atoms with Crippen LogP contribution in [0.15, 0.2) is 53.4 Å². The van der Waals surface area contributed by atoms with Crippen molar-refractivity contribution in [2.45, 2.75) is 4.90 Å². The molecule has 0 aromatic heterocycles. The number of methoxy groups -OCH3 is 1. The van der Waals surface area contributed by atoms with Crippen LogP contribution in [-0.4, -0.2) is 38.8 Å². The number of nitrogens with one attached hydrogen (secondary N) is 3. The maximum atomic E-state index is 12.1. The minimum atomic E-state index is -3.94. The number of rotatable bonds is 7. The highest BCUT2D eigenvalue weighted by atomic mass is 32.2. The van der Waals surface area contributed by atoms with Crippen LogP contribution in [0, 0.1) is 10.1 Å². The molecule has 0 heterocycles. The van der Waals surface area contributed by atoms with E-state index in [-0.39, 0.29) is 16.1 Å². The summed E-state index contributed by atoms with van der Waals surface area (Å²) in [6.07, 6.45) is 0. The van der Waals surface area contributed by atoms with E-state index in [0.717, 1.165) is 6.07 Å². The third kappa shape index (κ3) is 5.49. The molecule has 0 saturated heterocycles. The fourth-order valence-corrected chi connectivity index (χ4v) is 2.98. The highest BCUT2D eigenvalue weighted by Gasteiger charge is 2.16. The van der Waals surface area contributed by atoms with E-state index in [9.17, 15) is 28.1 Å². The van der Waals surface area contributed by atoms with Gasteiger partial charge in [-0.15, -0.1) is 0 Å². The molecule has 11 nitrogen and oxygen atoms in total. The van der Waals surface area contributed by atoms with Crippen LogP contribution >= 0.6 is 0 Å². The Morgan fingerprint density at radius 3 is 2.39 bits per heavy atom. The monoisotopic (exact) mass is 408 g/mol. The highest BCUT2D eigenvalue weighted by molar-refractivity contribution is 7.89. The lowest BCUT2D eigenvalue weighted by molar-refractivity contribution is -0.384. The van der Waals surface area contributed by atoms with Gasteiger partial charge in [-0.2, -0.15) is 0 Å². The number of ether oxygens (including phenoxy) is 1. The average molecular weight is 408 g/mol. The van der Waals surface area contributed by atoms with Crippen LogP contribution in [0.25, 0.3) is 0 Å². The van der Waals surface area contributed by atoms with Crippen molar-refractivity contribution in [2.24, 2.45) is 0 Å². The first kappa shape index (κ1) is 20.8. The maximum Gasteiger partial charge on any atom is 0.270 e. The van der Waals surface area contributed by atoms with Gasteiger partial charge in [-0.3, -0.25) is 30.6 Å². The lowest BCUT2D eigenvalue weighted by Crippen LogP contribution is -2.46. The fourth-order valence-electron chi connectivity index (χ4n) is 2.00. The van der Waals surface area contributed by atoms with Gasteiger partial charge in [0.1, 0.15) is 5.75 Å². The standard InChI is InChI=1S/C16H16N4O7S/c1-27-13-5-7-14(8-6-13)28(25,26)17-10-15(21)18-19-16(22)11-3-2-4-12(9-11)20(23)24/h2-9,17H,10H2,1H3,(H,18,21)(H,19,22). The Hall–Kier alpha value is -3.51. The fraction of sp³-hybridized carbons (Fsp3) is 0.125. The van der Waals surface area contributed by atoms with Gasteiger partial charge in [-0.25, -0.2) is 13.1 Å². The number of nitro benzene ring substituents is 1. The molecule has 0 radical (unpaired) electrons. The molecular formula is C16H16N4O7S. The van der Waals surface area contributed by atoms with Crippen LogP contribution in [0.5, 0.6) is 5.75 Å². The van der Waals surface area contributed by atoms with Gasteiger partial charge in [0, 0.05) is 17.7 Å². The molecule has 3 N–H and O–H groups in total. The van der Waals surface area contributed by atoms with Gasteiger partial charge >= 0.3 is 0 Å². The van der Waals surface area contributed by atoms with E-state index < -0.39 is 33.3 Å². The van der Waals surface area contributed by atoms with Crippen molar-refractivity contribution in [3.05, 3.63) is 64.2 Å². The Kier molecular flexibility index (Phi) is 6.63. The lowest BCUT2D eigenvalue weighted by Gasteiger charge is -2.09. The number of carbonyl (C=O) groups excluding carboxylic acids is 2. The van der Waals surface area contributed by atoms with Gasteiger partial charge in [-0.1, -0.05) is 6.07 Å². The summed E-state index contributed by atoms with van der Waals surface area (Å²) in [7, 11) is -2.50. The molecule has 0 atom stereocenters. The summed E-state index contributed by atoms with van der Waals surface area (Å²) >= 11 is 0. The Labute approximate surface area is 159 Å². The number of hydrogen-bond acceptors (Lipinski definition) is 7. The zero-order chi connectivity index (χ0) is 20.7. The SMILES string of the molecule is COc1ccc(S(=O)(=O)NCC(=O)NNC(=O)c2cccc([N+](=O)[O-])c2)cc1. The summed E-state index contributed by atoms with van der Waals surface area (Å²) in [5.74, 6) is -1.16. The molecule has 2 aromatic rings. The molecule has 0 unspecified atom stereocenters. The van der Waals surface area contributed by atoms with E-state index in [1.807, 2.05) is 10.9 Å². The third-order valence-electron chi connectivity index (χ3n) is 3.43. The number of non-ortho nitro benzene ring substituents is 1. The van der Waals surface area contributed by atoms with Crippen molar-refractivity contribution in [2.75, 3.05) is 13.7 Å². The van der Waals surface area contributed by atoms with Crippen molar-refractivity contribution < 1.29 is 27.7 Å². The lowest BCUT2D eigenvalue weighted by atomic mass is 10.2. The minimum Gasteiger partial charge on any atom is -0.497 e. The Morgan fingerprint density at radius 2 is 1.79 bits per heavy atom. The summed E-state index contributed by atoms with van der Waals surface area (Å²) in [6, 6.07) is 10.4. The van der Waals surface area contributed by atoms with E-state index in [4.69, 9.17) is 4.74 Å². The van der Waals surface area contributed by atoms with Crippen LogP contribution in [-0.2, 0) is 14.8 Å². The summed E-state index contributed by atoms with van der Waals surface area (Å²) < 4.78 is 31.2. The van der Waals surface area contributed by atoms with Crippen LogP contribution in [0.4, 0.5) is 5.69 Å².